The van der Waals surface area contributed by atoms with Crippen molar-refractivity contribution >= 4 is 27.3 Å². The summed E-state index contributed by atoms with van der Waals surface area (Å²) in [6, 6.07) is 7.57. The van der Waals surface area contributed by atoms with Crippen molar-refractivity contribution in [2.24, 2.45) is 0 Å². The molecule has 0 amide bonds. The summed E-state index contributed by atoms with van der Waals surface area (Å²) in [7, 11) is -4.13. The molecule has 0 bridgehead atoms. The first-order valence-corrected chi connectivity index (χ1v) is 9.66. The summed E-state index contributed by atoms with van der Waals surface area (Å²) in [5, 5.41) is 18.8. The van der Waals surface area contributed by atoms with Crippen LogP contribution < -0.4 is 10.3 Å². The molecule has 1 aromatic carbocycles. The maximum Gasteiger partial charge on any atom is 0.270 e. The third kappa shape index (κ3) is 4.24. The Morgan fingerprint density at radius 3 is 2.71 bits per heavy atom. The number of aromatic nitrogens is 4. The highest BCUT2D eigenvalue weighted by Gasteiger charge is 2.21. The quantitative estimate of drug-likeness (QED) is 0.439. The van der Waals surface area contributed by atoms with Gasteiger partial charge in [-0.1, -0.05) is 11.6 Å². The van der Waals surface area contributed by atoms with E-state index in [1.807, 2.05) is 0 Å². The van der Waals surface area contributed by atoms with Crippen molar-refractivity contribution < 1.29 is 13.3 Å². The Morgan fingerprint density at radius 2 is 2.04 bits per heavy atom. The van der Waals surface area contributed by atoms with E-state index in [9.17, 15) is 23.3 Å². The van der Waals surface area contributed by atoms with Crippen molar-refractivity contribution in [3.8, 4) is 5.82 Å². The standard InChI is InChI=1S/C15H13ClN6O5S/c16-12-3-2-11(22(24)25)10-13(12)28(26,27)18-7-9-21-15(23)5-4-14(19-21)20-8-1-6-17-20/h1-6,8,10,18H,7,9H2. The minimum absolute atomic E-state index is 0.0697. The van der Waals surface area contributed by atoms with E-state index in [4.69, 9.17) is 11.6 Å². The number of hydrogen-bond donors (Lipinski definition) is 1. The van der Waals surface area contributed by atoms with E-state index >= 15 is 0 Å². The van der Waals surface area contributed by atoms with Gasteiger partial charge < -0.3 is 0 Å². The molecular weight excluding hydrogens is 412 g/mol. The zero-order valence-corrected chi connectivity index (χ0v) is 15.7. The molecule has 0 aliphatic rings. The number of rotatable bonds is 7. The van der Waals surface area contributed by atoms with E-state index in [1.54, 1.807) is 18.5 Å². The smallest absolute Gasteiger partial charge is 0.268 e. The molecule has 0 radical (unpaired) electrons. The van der Waals surface area contributed by atoms with Gasteiger partial charge in [-0.05, 0) is 18.2 Å². The second-order valence-electron chi connectivity index (χ2n) is 5.47. The fraction of sp³-hybridized carbons (Fsp3) is 0.133. The number of hydrogen-bond acceptors (Lipinski definition) is 7. The third-order valence-electron chi connectivity index (χ3n) is 3.62. The van der Waals surface area contributed by atoms with Crippen LogP contribution in [0.25, 0.3) is 5.82 Å². The predicted molar refractivity (Wildman–Crippen MR) is 98.9 cm³/mol. The maximum atomic E-state index is 12.4. The SMILES string of the molecule is O=c1ccc(-n2cccn2)nn1CCNS(=O)(=O)c1cc([N+](=O)[O-])ccc1Cl. The number of sulfonamides is 1. The first-order valence-electron chi connectivity index (χ1n) is 7.80. The van der Waals surface area contributed by atoms with E-state index in [0.29, 0.717) is 5.82 Å². The number of nitrogens with zero attached hydrogens (tertiary/aromatic N) is 5. The molecule has 0 saturated carbocycles. The number of nitrogens with one attached hydrogen (secondary N) is 1. The molecule has 3 aromatic rings. The molecule has 146 valence electrons. The third-order valence-corrected chi connectivity index (χ3v) is 5.57. The van der Waals surface area contributed by atoms with Crippen LogP contribution in [0.1, 0.15) is 0 Å². The van der Waals surface area contributed by atoms with Crippen molar-refractivity contribution in [3.05, 3.63) is 74.3 Å². The molecule has 13 heteroatoms. The number of non-ortho nitro benzene ring substituents is 1. The Balaban J connectivity index is 1.76. The van der Waals surface area contributed by atoms with Crippen molar-refractivity contribution in [1.29, 1.82) is 0 Å². The maximum absolute atomic E-state index is 12.4. The summed E-state index contributed by atoms with van der Waals surface area (Å²) in [6.45, 7) is -0.253. The van der Waals surface area contributed by atoms with Gasteiger partial charge >= 0.3 is 0 Å². The minimum atomic E-state index is -4.13. The van der Waals surface area contributed by atoms with Crippen LogP contribution in [0.2, 0.25) is 5.02 Å². The van der Waals surface area contributed by atoms with E-state index < -0.39 is 31.1 Å². The molecule has 0 aliphatic carbocycles. The molecule has 0 atom stereocenters. The van der Waals surface area contributed by atoms with Crippen molar-refractivity contribution in [2.75, 3.05) is 6.54 Å². The number of halogens is 1. The lowest BCUT2D eigenvalue weighted by atomic mass is 10.3. The topological polar surface area (TPSA) is 142 Å². The van der Waals surface area contributed by atoms with E-state index in [0.717, 1.165) is 22.9 Å². The molecule has 2 aromatic heterocycles. The molecule has 0 fully saturated rings. The van der Waals surface area contributed by atoms with Crippen molar-refractivity contribution in [2.45, 2.75) is 11.4 Å². The highest BCUT2D eigenvalue weighted by Crippen LogP contribution is 2.25. The summed E-state index contributed by atoms with van der Waals surface area (Å²) >= 11 is 5.87. The number of nitro benzene ring substituents is 1. The molecule has 0 saturated heterocycles. The molecule has 11 nitrogen and oxygen atoms in total. The zero-order chi connectivity index (χ0) is 20.3. The van der Waals surface area contributed by atoms with Gasteiger partial charge in [0.1, 0.15) is 4.90 Å². The van der Waals surface area contributed by atoms with Crippen LogP contribution >= 0.6 is 11.6 Å². The van der Waals surface area contributed by atoms with Gasteiger partial charge in [-0.3, -0.25) is 14.9 Å². The van der Waals surface area contributed by atoms with Crippen LogP contribution in [0.15, 0.2) is 58.5 Å². The first kappa shape index (κ1) is 19.7. The summed E-state index contributed by atoms with van der Waals surface area (Å²) in [6.07, 6.45) is 3.19. The van der Waals surface area contributed by atoms with Gasteiger partial charge in [0.2, 0.25) is 10.0 Å². The van der Waals surface area contributed by atoms with Crippen molar-refractivity contribution in [3.63, 3.8) is 0 Å². The highest BCUT2D eigenvalue weighted by atomic mass is 35.5. The van der Waals surface area contributed by atoms with Crippen LogP contribution in [0, 0.1) is 10.1 Å². The first-order chi connectivity index (χ1) is 13.3. The van der Waals surface area contributed by atoms with E-state index in [2.05, 4.69) is 14.9 Å². The number of benzene rings is 1. The zero-order valence-electron chi connectivity index (χ0n) is 14.1. The second-order valence-corrected chi connectivity index (χ2v) is 7.62. The average molecular weight is 425 g/mol. The average Bonchev–Trinajstić information content (AvgIpc) is 3.18. The fourth-order valence-electron chi connectivity index (χ4n) is 2.30. The molecule has 1 N–H and O–H groups in total. The lowest BCUT2D eigenvalue weighted by molar-refractivity contribution is -0.385. The van der Waals surface area contributed by atoms with Gasteiger partial charge in [0, 0.05) is 37.1 Å². The largest absolute Gasteiger partial charge is 0.270 e. The molecule has 2 heterocycles. The Labute approximate surface area is 163 Å². The highest BCUT2D eigenvalue weighted by molar-refractivity contribution is 7.89. The Morgan fingerprint density at radius 1 is 1.25 bits per heavy atom. The summed E-state index contributed by atoms with van der Waals surface area (Å²) < 4.78 is 29.6. The molecule has 0 spiro atoms. The van der Waals surface area contributed by atoms with Crippen LogP contribution in [0.4, 0.5) is 5.69 Å². The van der Waals surface area contributed by atoms with E-state index in [-0.39, 0.29) is 18.1 Å². The Kier molecular flexibility index (Phi) is 5.53. The van der Waals surface area contributed by atoms with Crippen LogP contribution in [0.5, 0.6) is 0 Å². The summed E-state index contributed by atoms with van der Waals surface area (Å²) in [5.74, 6) is 0.384. The molecular formula is C15H13ClN6O5S. The molecule has 3 rings (SSSR count). The lowest BCUT2D eigenvalue weighted by Crippen LogP contribution is -2.32. The second kappa shape index (κ2) is 7.88. The van der Waals surface area contributed by atoms with Crippen LogP contribution in [-0.4, -0.2) is 39.4 Å². The van der Waals surface area contributed by atoms with Gasteiger partial charge in [0.15, 0.2) is 5.82 Å². The molecule has 28 heavy (non-hydrogen) atoms. The summed E-state index contributed by atoms with van der Waals surface area (Å²) in [5.41, 5.74) is -0.835. The normalized spacial score (nSPS) is 11.5. The molecule has 0 unspecified atom stereocenters. The summed E-state index contributed by atoms with van der Waals surface area (Å²) in [4.78, 5) is 21.6. The Bertz CT molecular complexity index is 1180. The van der Waals surface area contributed by atoms with Crippen LogP contribution in [-0.2, 0) is 16.6 Å². The lowest BCUT2D eigenvalue weighted by Gasteiger charge is -2.10. The monoisotopic (exact) mass is 424 g/mol. The van der Waals surface area contributed by atoms with Crippen molar-refractivity contribution in [1.82, 2.24) is 24.3 Å². The van der Waals surface area contributed by atoms with Gasteiger partial charge in [-0.25, -0.2) is 22.5 Å². The number of nitro groups is 1. The Hall–Kier alpha value is -3.09. The van der Waals surface area contributed by atoms with Gasteiger partial charge in [-0.2, -0.15) is 5.10 Å². The van der Waals surface area contributed by atoms with Gasteiger partial charge in [-0.15, -0.1) is 5.10 Å². The molecule has 0 aliphatic heterocycles. The van der Waals surface area contributed by atoms with Crippen LogP contribution in [0.3, 0.4) is 0 Å². The minimum Gasteiger partial charge on any atom is -0.268 e. The van der Waals surface area contributed by atoms with Gasteiger partial charge in [0.25, 0.3) is 11.2 Å². The fourth-order valence-corrected chi connectivity index (χ4v) is 3.84. The predicted octanol–water partition coefficient (Wildman–Crippen LogP) is 0.969. The van der Waals surface area contributed by atoms with E-state index in [1.165, 1.54) is 16.8 Å². The van der Waals surface area contributed by atoms with Gasteiger partial charge in [0.05, 0.1) is 16.5 Å².